The van der Waals surface area contributed by atoms with Crippen LogP contribution in [0.15, 0.2) is 54.6 Å². The highest BCUT2D eigenvalue weighted by Crippen LogP contribution is 2.22. The third-order valence-corrected chi connectivity index (χ3v) is 3.63. The number of rotatable bonds is 5. The molecule has 1 aromatic heterocycles. The van der Waals surface area contributed by atoms with Gasteiger partial charge in [-0.2, -0.15) is 0 Å². The number of carbonyl (C=O) groups is 1. The third-order valence-electron chi connectivity index (χ3n) is 3.63. The van der Waals surface area contributed by atoms with Crippen LogP contribution in [0, 0.1) is 18.6 Å². The van der Waals surface area contributed by atoms with E-state index in [4.69, 9.17) is 0 Å². The molecule has 132 valence electrons. The first-order valence-corrected chi connectivity index (χ1v) is 7.91. The molecule has 0 atom stereocenters. The van der Waals surface area contributed by atoms with Gasteiger partial charge < -0.3 is 10.6 Å². The van der Waals surface area contributed by atoms with Crippen molar-refractivity contribution in [2.45, 2.75) is 13.3 Å². The zero-order chi connectivity index (χ0) is 18.5. The zero-order valence-corrected chi connectivity index (χ0v) is 14.0. The maximum absolute atomic E-state index is 13.6. The van der Waals surface area contributed by atoms with Crippen molar-refractivity contribution in [1.29, 1.82) is 0 Å². The molecule has 0 radical (unpaired) electrons. The van der Waals surface area contributed by atoms with Gasteiger partial charge in [-0.3, -0.25) is 4.79 Å². The van der Waals surface area contributed by atoms with E-state index in [1.807, 2.05) is 31.2 Å². The minimum Gasteiger partial charge on any atom is -0.334 e. The molecule has 1 heterocycles. The maximum atomic E-state index is 13.6. The molecule has 0 fully saturated rings. The van der Waals surface area contributed by atoms with Crippen molar-refractivity contribution >= 4 is 23.2 Å². The predicted molar refractivity (Wildman–Crippen MR) is 95.2 cm³/mol. The summed E-state index contributed by atoms with van der Waals surface area (Å²) < 4.78 is 27.2. The average molecular weight is 354 g/mol. The zero-order valence-electron chi connectivity index (χ0n) is 14.0. The number of halogens is 2. The van der Waals surface area contributed by atoms with Crippen LogP contribution in [-0.2, 0) is 11.2 Å². The van der Waals surface area contributed by atoms with E-state index in [1.54, 1.807) is 0 Å². The van der Waals surface area contributed by atoms with E-state index in [1.165, 1.54) is 18.2 Å². The average Bonchev–Trinajstić information content (AvgIpc) is 2.62. The molecule has 0 bridgehead atoms. The highest BCUT2D eigenvalue weighted by molar-refractivity contribution is 5.91. The van der Waals surface area contributed by atoms with Crippen molar-refractivity contribution < 1.29 is 13.6 Å². The lowest BCUT2D eigenvalue weighted by molar-refractivity contribution is -0.115. The van der Waals surface area contributed by atoms with E-state index >= 15 is 0 Å². The first kappa shape index (κ1) is 17.5. The number of hydrogen-bond acceptors (Lipinski definition) is 4. The highest BCUT2D eigenvalue weighted by Gasteiger charge is 2.10. The monoisotopic (exact) mass is 354 g/mol. The molecule has 5 nitrogen and oxygen atoms in total. The Morgan fingerprint density at radius 3 is 2.15 bits per heavy atom. The maximum Gasteiger partial charge on any atom is 0.229 e. The second-order valence-electron chi connectivity index (χ2n) is 5.74. The molecule has 3 rings (SSSR count). The van der Waals surface area contributed by atoms with Gasteiger partial charge in [0.2, 0.25) is 5.91 Å². The molecule has 7 heteroatoms. The van der Waals surface area contributed by atoms with Crippen LogP contribution in [0.1, 0.15) is 11.1 Å². The van der Waals surface area contributed by atoms with Crippen molar-refractivity contribution in [2.75, 3.05) is 10.6 Å². The first-order valence-electron chi connectivity index (χ1n) is 7.91. The minimum absolute atomic E-state index is 0.158. The van der Waals surface area contributed by atoms with E-state index in [-0.39, 0.29) is 29.7 Å². The molecule has 0 unspecified atom stereocenters. The first-order chi connectivity index (χ1) is 12.5. The molecular formula is C19H16F2N4O. The summed E-state index contributed by atoms with van der Waals surface area (Å²) in [6.07, 6.45) is 0.211. The summed E-state index contributed by atoms with van der Waals surface area (Å²) in [5.74, 6) is -1.29. The summed E-state index contributed by atoms with van der Waals surface area (Å²) in [6, 6.07) is 14.2. The smallest absolute Gasteiger partial charge is 0.229 e. The minimum atomic E-state index is -0.734. The summed E-state index contributed by atoms with van der Waals surface area (Å²) in [5, 5.41) is 12.8. The number of hydrogen-bond donors (Lipinski definition) is 2. The Kier molecular flexibility index (Phi) is 5.17. The Bertz CT molecular complexity index is 892. The molecular weight excluding hydrogens is 338 g/mol. The summed E-state index contributed by atoms with van der Waals surface area (Å²) in [4.78, 5) is 12.0. The Balaban J connectivity index is 1.62. The normalized spacial score (nSPS) is 10.4. The summed E-state index contributed by atoms with van der Waals surface area (Å²) >= 11 is 0. The van der Waals surface area contributed by atoms with Gasteiger partial charge in [0.1, 0.15) is 17.3 Å². The van der Waals surface area contributed by atoms with Gasteiger partial charge >= 0.3 is 0 Å². The lowest BCUT2D eigenvalue weighted by Gasteiger charge is -2.08. The Morgan fingerprint density at radius 1 is 0.923 bits per heavy atom. The van der Waals surface area contributed by atoms with E-state index in [2.05, 4.69) is 20.8 Å². The largest absolute Gasteiger partial charge is 0.334 e. The van der Waals surface area contributed by atoms with Crippen LogP contribution in [-0.4, -0.2) is 16.1 Å². The molecule has 2 N–H and O–H groups in total. The van der Waals surface area contributed by atoms with Crippen LogP contribution in [0.5, 0.6) is 0 Å². The Morgan fingerprint density at radius 2 is 1.54 bits per heavy atom. The number of anilines is 3. The molecule has 2 aromatic carbocycles. The van der Waals surface area contributed by atoms with Crippen LogP contribution in [0.3, 0.4) is 0 Å². The van der Waals surface area contributed by atoms with Crippen LogP contribution in [0.4, 0.5) is 26.1 Å². The molecule has 0 saturated heterocycles. The number of nitrogens with one attached hydrogen (secondary N) is 2. The van der Waals surface area contributed by atoms with Crippen molar-refractivity contribution in [3.05, 3.63) is 77.4 Å². The van der Waals surface area contributed by atoms with E-state index in [0.29, 0.717) is 0 Å². The molecule has 1 amide bonds. The van der Waals surface area contributed by atoms with Gasteiger partial charge in [-0.05, 0) is 36.8 Å². The number of nitrogens with zero attached hydrogens (tertiary/aromatic N) is 2. The standard InChI is InChI=1S/C19H16F2N4O/c1-12-5-7-13(8-6-12)11-18(26)22-16-9-10-17(25-24-16)23-19-14(20)3-2-4-15(19)21/h2-10H,11H2,1H3,(H,23,25)(H,22,24,26). The second-order valence-corrected chi connectivity index (χ2v) is 5.74. The van der Waals surface area contributed by atoms with Crippen LogP contribution < -0.4 is 10.6 Å². The van der Waals surface area contributed by atoms with Gasteiger partial charge in [-0.25, -0.2) is 8.78 Å². The molecule has 3 aromatic rings. The number of amides is 1. The highest BCUT2D eigenvalue weighted by atomic mass is 19.1. The van der Waals surface area contributed by atoms with Crippen molar-refractivity contribution in [2.24, 2.45) is 0 Å². The fourth-order valence-corrected chi connectivity index (χ4v) is 2.29. The van der Waals surface area contributed by atoms with Gasteiger partial charge in [0.25, 0.3) is 0 Å². The summed E-state index contributed by atoms with van der Waals surface area (Å²) in [6.45, 7) is 1.97. The molecule has 0 aliphatic heterocycles. The van der Waals surface area contributed by atoms with Crippen LogP contribution in [0.2, 0.25) is 0 Å². The lowest BCUT2D eigenvalue weighted by atomic mass is 10.1. The van der Waals surface area contributed by atoms with Gasteiger partial charge in [0.05, 0.1) is 6.42 Å². The fraction of sp³-hybridized carbons (Fsp3) is 0.105. The summed E-state index contributed by atoms with van der Waals surface area (Å²) in [7, 11) is 0. The van der Waals surface area contributed by atoms with Crippen molar-refractivity contribution in [1.82, 2.24) is 10.2 Å². The van der Waals surface area contributed by atoms with Gasteiger partial charge in [0.15, 0.2) is 11.6 Å². The fourth-order valence-electron chi connectivity index (χ4n) is 2.29. The van der Waals surface area contributed by atoms with E-state index in [0.717, 1.165) is 23.3 Å². The van der Waals surface area contributed by atoms with Crippen LogP contribution in [0.25, 0.3) is 0 Å². The van der Waals surface area contributed by atoms with Crippen LogP contribution >= 0.6 is 0 Å². The number of benzene rings is 2. The van der Waals surface area contributed by atoms with Crippen molar-refractivity contribution in [3.63, 3.8) is 0 Å². The number of para-hydroxylation sites is 1. The molecule has 0 saturated carbocycles. The third kappa shape index (κ3) is 4.38. The van der Waals surface area contributed by atoms with Gasteiger partial charge in [-0.15, -0.1) is 10.2 Å². The predicted octanol–water partition coefficient (Wildman–Crippen LogP) is 3.99. The topological polar surface area (TPSA) is 66.9 Å². The molecule has 26 heavy (non-hydrogen) atoms. The lowest BCUT2D eigenvalue weighted by Crippen LogP contribution is -2.15. The van der Waals surface area contributed by atoms with Gasteiger partial charge in [0, 0.05) is 0 Å². The quantitative estimate of drug-likeness (QED) is 0.727. The Labute approximate surface area is 149 Å². The van der Waals surface area contributed by atoms with E-state index < -0.39 is 11.6 Å². The number of aryl methyl sites for hydroxylation is 1. The molecule has 0 spiro atoms. The van der Waals surface area contributed by atoms with Crippen molar-refractivity contribution in [3.8, 4) is 0 Å². The van der Waals surface area contributed by atoms with Gasteiger partial charge in [-0.1, -0.05) is 35.9 Å². The molecule has 0 aliphatic carbocycles. The number of carbonyl (C=O) groups excluding carboxylic acids is 1. The Hall–Kier alpha value is -3.35. The van der Waals surface area contributed by atoms with E-state index in [9.17, 15) is 13.6 Å². The summed E-state index contributed by atoms with van der Waals surface area (Å²) in [5.41, 5.74) is 1.70. The number of aromatic nitrogens is 2. The molecule has 0 aliphatic rings. The second kappa shape index (κ2) is 7.69. The SMILES string of the molecule is Cc1ccc(CC(=O)Nc2ccc(Nc3c(F)cccc3F)nn2)cc1.